The van der Waals surface area contributed by atoms with E-state index in [4.69, 9.17) is 4.74 Å². The minimum absolute atomic E-state index is 0.103. The van der Waals surface area contributed by atoms with Crippen LogP contribution in [0.4, 0.5) is 5.69 Å². The average Bonchev–Trinajstić information content (AvgIpc) is 2.59. The number of amides is 1. The first-order chi connectivity index (χ1) is 11.8. The molecule has 0 saturated heterocycles. The zero-order valence-corrected chi connectivity index (χ0v) is 15.1. The molecule has 0 spiro atoms. The Bertz CT molecular complexity index is 932. The molecule has 0 saturated carbocycles. The number of nitro groups is 1. The van der Waals surface area contributed by atoms with Crippen LogP contribution in [-0.2, 0) is 10.0 Å². The molecule has 0 fully saturated rings. The number of hydrazine groups is 1. The van der Waals surface area contributed by atoms with Crippen molar-refractivity contribution < 1.29 is 22.9 Å². The normalized spacial score (nSPS) is 11.0. The van der Waals surface area contributed by atoms with Crippen LogP contribution in [0, 0.1) is 10.1 Å². The number of ether oxygens (including phenoxy) is 1. The molecular formula is C14H12BrN3O6S. The number of methoxy groups -OCH3 is 1. The number of benzene rings is 2. The van der Waals surface area contributed by atoms with E-state index < -0.39 is 31.4 Å². The van der Waals surface area contributed by atoms with E-state index in [1.54, 1.807) is 18.2 Å². The lowest BCUT2D eigenvalue weighted by molar-refractivity contribution is -0.385. The Kier molecular flexibility index (Phi) is 5.72. The lowest BCUT2D eigenvalue weighted by atomic mass is 10.2. The highest BCUT2D eigenvalue weighted by Crippen LogP contribution is 2.27. The van der Waals surface area contributed by atoms with Crippen molar-refractivity contribution >= 4 is 37.5 Å². The van der Waals surface area contributed by atoms with E-state index in [-0.39, 0.29) is 11.3 Å². The third kappa shape index (κ3) is 4.32. The number of carbonyl (C=O) groups excluding carboxylic acids is 1. The van der Waals surface area contributed by atoms with Gasteiger partial charge in [-0.15, -0.1) is 4.83 Å². The number of hydrogen-bond acceptors (Lipinski definition) is 6. The van der Waals surface area contributed by atoms with Crippen LogP contribution in [-0.4, -0.2) is 26.4 Å². The van der Waals surface area contributed by atoms with Crippen molar-refractivity contribution in [2.24, 2.45) is 0 Å². The van der Waals surface area contributed by atoms with Gasteiger partial charge in [0.1, 0.15) is 10.6 Å². The van der Waals surface area contributed by atoms with Crippen LogP contribution in [0.1, 0.15) is 10.4 Å². The van der Waals surface area contributed by atoms with Crippen molar-refractivity contribution in [1.29, 1.82) is 0 Å². The van der Waals surface area contributed by atoms with Gasteiger partial charge in [0.05, 0.1) is 17.6 Å². The predicted octanol–water partition coefficient (Wildman–Crippen LogP) is 1.99. The Labute approximate surface area is 151 Å². The number of nitrogens with one attached hydrogen (secondary N) is 2. The SMILES string of the molecule is COc1ccc([N+](=O)[O-])cc1S(=O)(=O)NNC(=O)c1ccccc1Br. The van der Waals surface area contributed by atoms with Crippen LogP contribution >= 0.6 is 15.9 Å². The molecule has 0 aliphatic carbocycles. The highest BCUT2D eigenvalue weighted by atomic mass is 79.9. The van der Waals surface area contributed by atoms with Gasteiger partial charge in [0.2, 0.25) is 0 Å². The van der Waals surface area contributed by atoms with E-state index in [0.717, 1.165) is 18.2 Å². The molecule has 0 heterocycles. The number of sulfonamides is 1. The molecule has 0 aliphatic heterocycles. The minimum Gasteiger partial charge on any atom is -0.495 e. The van der Waals surface area contributed by atoms with Gasteiger partial charge in [-0.25, -0.2) is 8.42 Å². The highest BCUT2D eigenvalue weighted by molar-refractivity contribution is 9.10. The van der Waals surface area contributed by atoms with Crippen LogP contribution in [0.3, 0.4) is 0 Å². The number of non-ortho nitro benzene ring substituents is 1. The molecule has 0 radical (unpaired) electrons. The van der Waals surface area contributed by atoms with Crippen molar-refractivity contribution in [3.05, 3.63) is 62.6 Å². The fourth-order valence-corrected chi connectivity index (χ4v) is 3.36. The van der Waals surface area contributed by atoms with Gasteiger partial charge in [0.15, 0.2) is 0 Å². The number of hydrogen-bond donors (Lipinski definition) is 2. The van der Waals surface area contributed by atoms with E-state index in [1.807, 2.05) is 10.3 Å². The molecule has 2 rings (SSSR count). The third-order valence-electron chi connectivity index (χ3n) is 3.06. The van der Waals surface area contributed by atoms with Crippen molar-refractivity contribution in [3.8, 4) is 5.75 Å². The van der Waals surface area contributed by atoms with Crippen LogP contribution in [0.25, 0.3) is 0 Å². The molecule has 2 N–H and O–H groups in total. The summed E-state index contributed by atoms with van der Waals surface area (Å²) < 4.78 is 30.1. The van der Waals surface area contributed by atoms with Crippen LogP contribution in [0.5, 0.6) is 5.75 Å². The molecule has 0 aromatic heterocycles. The molecular weight excluding hydrogens is 418 g/mol. The molecule has 25 heavy (non-hydrogen) atoms. The van der Waals surface area contributed by atoms with E-state index >= 15 is 0 Å². The molecule has 2 aromatic rings. The van der Waals surface area contributed by atoms with Crippen LogP contribution < -0.4 is 15.0 Å². The largest absolute Gasteiger partial charge is 0.495 e. The fourth-order valence-electron chi connectivity index (χ4n) is 1.87. The summed E-state index contributed by atoms with van der Waals surface area (Å²) in [6, 6.07) is 9.51. The fraction of sp³-hybridized carbons (Fsp3) is 0.0714. The maximum absolute atomic E-state index is 12.4. The first-order valence-corrected chi connectivity index (χ1v) is 8.93. The summed E-state index contributed by atoms with van der Waals surface area (Å²) in [5.41, 5.74) is 1.82. The Balaban J connectivity index is 2.27. The monoisotopic (exact) mass is 429 g/mol. The van der Waals surface area contributed by atoms with Crippen LogP contribution in [0.2, 0.25) is 0 Å². The number of carbonyl (C=O) groups is 1. The molecule has 0 unspecified atom stereocenters. The van der Waals surface area contributed by atoms with Gasteiger partial charge in [0.25, 0.3) is 21.6 Å². The number of halogens is 1. The first kappa shape index (κ1) is 18.8. The zero-order chi connectivity index (χ0) is 18.6. The van der Waals surface area contributed by atoms with Gasteiger partial charge < -0.3 is 4.74 Å². The maximum Gasteiger partial charge on any atom is 0.271 e. The molecule has 0 atom stereocenters. The lowest BCUT2D eigenvalue weighted by Gasteiger charge is -2.12. The number of nitrogens with zero attached hydrogens (tertiary/aromatic N) is 1. The highest BCUT2D eigenvalue weighted by Gasteiger charge is 2.24. The molecule has 1 amide bonds. The van der Waals surface area contributed by atoms with Crippen LogP contribution in [0.15, 0.2) is 51.8 Å². The predicted molar refractivity (Wildman–Crippen MR) is 91.6 cm³/mol. The smallest absolute Gasteiger partial charge is 0.271 e. The Hall–Kier alpha value is -2.50. The lowest BCUT2D eigenvalue weighted by Crippen LogP contribution is -2.41. The van der Waals surface area contributed by atoms with Gasteiger partial charge in [-0.05, 0) is 34.1 Å². The van der Waals surface area contributed by atoms with Crippen molar-refractivity contribution in [2.75, 3.05) is 7.11 Å². The molecule has 2 aromatic carbocycles. The molecule has 132 valence electrons. The second kappa shape index (κ2) is 7.59. The first-order valence-electron chi connectivity index (χ1n) is 6.65. The Morgan fingerprint density at radius 1 is 1.24 bits per heavy atom. The van der Waals surface area contributed by atoms with E-state index in [1.165, 1.54) is 13.2 Å². The standard InChI is InChI=1S/C14H12BrN3O6S/c1-24-12-7-6-9(18(20)21)8-13(12)25(22,23)17-16-14(19)10-4-2-3-5-11(10)15/h2-8,17H,1H3,(H,16,19). The van der Waals surface area contributed by atoms with E-state index in [0.29, 0.717) is 4.47 Å². The van der Waals surface area contributed by atoms with Gasteiger partial charge in [-0.1, -0.05) is 12.1 Å². The molecule has 11 heteroatoms. The number of nitro benzene ring substituents is 1. The van der Waals surface area contributed by atoms with Crippen molar-refractivity contribution in [3.63, 3.8) is 0 Å². The van der Waals surface area contributed by atoms with Gasteiger partial charge in [0, 0.05) is 16.6 Å². The van der Waals surface area contributed by atoms with Gasteiger partial charge >= 0.3 is 0 Å². The number of rotatable bonds is 6. The maximum atomic E-state index is 12.4. The summed E-state index contributed by atoms with van der Waals surface area (Å²) in [4.78, 5) is 23.6. The Morgan fingerprint density at radius 3 is 2.52 bits per heavy atom. The van der Waals surface area contributed by atoms with Gasteiger partial charge in [-0.2, -0.15) is 0 Å². The summed E-state index contributed by atoms with van der Waals surface area (Å²) in [6.45, 7) is 0. The topological polar surface area (TPSA) is 128 Å². The van der Waals surface area contributed by atoms with Gasteiger partial charge in [-0.3, -0.25) is 20.3 Å². The van der Waals surface area contributed by atoms with Crippen molar-refractivity contribution in [2.45, 2.75) is 4.90 Å². The van der Waals surface area contributed by atoms with Crippen molar-refractivity contribution in [1.82, 2.24) is 10.3 Å². The molecule has 9 nitrogen and oxygen atoms in total. The summed E-state index contributed by atoms with van der Waals surface area (Å²) >= 11 is 3.18. The molecule has 0 aliphatic rings. The second-order valence-electron chi connectivity index (χ2n) is 4.63. The third-order valence-corrected chi connectivity index (χ3v) is 5.03. The average molecular weight is 430 g/mol. The minimum atomic E-state index is -4.30. The summed E-state index contributed by atoms with van der Waals surface area (Å²) in [6.07, 6.45) is 0. The zero-order valence-electron chi connectivity index (χ0n) is 12.7. The summed E-state index contributed by atoms with van der Waals surface area (Å²) in [7, 11) is -3.08. The Morgan fingerprint density at radius 2 is 1.92 bits per heavy atom. The summed E-state index contributed by atoms with van der Waals surface area (Å²) in [5, 5.41) is 10.8. The second-order valence-corrected chi connectivity index (χ2v) is 7.14. The van der Waals surface area contributed by atoms with E-state index in [9.17, 15) is 23.3 Å². The quantitative estimate of drug-likeness (QED) is 0.533. The van der Waals surface area contributed by atoms with E-state index in [2.05, 4.69) is 15.9 Å². The summed E-state index contributed by atoms with van der Waals surface area (Å²) in [5.74, 6) is -0.811. The molecule has 0 bridgehead atoms.